The maximum absolute atomic E-state index is 12.4. The van der Waals surface area contributed by atoms with Crippen molar-refractivity contribution in [2.45, 2.75) is 13.5 Å². The van der Waals surface area contributed by atoms with Crippen molar-refractivity contribution in [1.29, 1.82) is 0 Å². The summed E-state index contributed by atoms with van der Waals surface area (Å²) < 4.78 is 7.06. The van der Waals surface area contributed by atoms with Crippen LogP contribution in [0.5, 0.6) is 0 Å². The van der Waals surface area contributed by atoms with Crippen molar-refractivity contribution in [3.8, 4) is 16.9 Å². The molecule has 0 N–H and O–H groups in total. The first kappa shape index (κ1) is 14.8. The standard InChI is InChI=1S/C20H14N4O2/c1-12-16-17(14-9-5-6-10-21-14)18-15(11-26-20(18)25)22-19(16)24(23-12)13-7-3-2-4-8-13/h2-10H,11H2,1H3. The lowest BCUT2D eigenvalue weighted by Gasteiger charge is -2.08. The number of esters is 1. The molecule has 0 saturated heterocycles. The van der Waals surface area contributed by atoms with E-state index in [-0.39, 0.29) is 12.6 Å². The van der Waals surface area contributed by atoms with E-state index in [0.717, 1.165) is 22.3 Å². The van der Waals surface area contributed by atoms with Crippen molar-refractivity contribution >= 4 is 17.0 Å². The molecule has 3 aromatic heterocycles. The Morgan fingerprint density at radius 3 is 2.62 bits per heavy atom. The number of aromatic nitrogens is 4. The fourth-order valence-corrected chi connectivity index (χ4v) is 3.41. The highest BCUT2D eigenvalue weighted by atomic mass is 16.5. The lowest BCUT2D eigenvalue weighted by molar-refractivity contribution is 0.0534. The van der Waals surface area contributed by atoms with E-state index in [1.807, 2.05) is 55.5 Å². The number of carbonyl (C=O) groups excluding carboxylic acids is 1. The van der Waals surface area contributed by atoms with Gasteiger partial charge in [0, 0.05) is 11.8 Å². The largest absolute Gasteiger partial charge is 0.455 e. The third-order valence-corrected chi connectivity index (χ3v) is 4.53. The van der Waals surface area contributed by atoms with Crippen LogP contribution in [-0.4, -0.2) is 25.7 Å². The fraction of sp³-hybridized carbons (Fsp3) is 0.100. The molecule has 4 aromatic rings. The number of pyridine rings is 2. The first-order chi connectivity index (χ1) is 12.7. The molecule has 0 atom stereocenters. The molecule has 6 heteroatoms. The molecule has 0 bridgehead atoms. The topological polar surface area (TPSA) is 69.9 Å². The summed E-state index contributed by atoms with van der Waals surface area (Å²) in [7, 11) is 0. The molecule has 126 valence electrons. The fourth-order valence-electron chi connectivity index (χ4n) is 3.41. The SMILES string of the molecule is Cc1nn(-c2ccccc2)c2nc3c(c(-c4ccccn4)c12)C(=O)OC3. The second-order valence-electron chi connectivity index (χ2n) is 6.13. The molecular weight excluding hydrogens is 328 g/mol. The van der Waals surface area contributed by atoms with Crippen LogP contribution in [0.4, 0.5) is 0 Å². The van der Waals surface area contributed by atoms with E-state index < -0.39 is 0 Å². The number of rotatable bonds is 2. The van der Waals surface area contributed by atoms with Gasteiger partial charge in [0.25, 0.3) is 0 Å². The number of ether oxygens (including phenoxy) is 1. The van der Waals surface area contributed by atoms with Crippen LogP contribution in [0.15, 0.2) is 54.7 Å². The highest BCUT2D eigenvalue weighted by Crippen LogP contribution is 2.37. The summed E-state index contributed by atoms with van der Waals surface area (Å²) in [5.74, 6) is -0.359. The Bertz CT molecular complexity index is 1150. The molecule has 5 rings (SSSR count). The third kappa shape index (κ3) is 2.05. The van der Waals surface area contributed by atoms with Crippen molar-refractivity contribution in [1.82, 2.24) is 19.7 Å². The average molecular weight is 342 g/mol. The minimum absolute atomic E-state index is 0.170. The molecule has 0 amide bonds. The van der Waals surface area contributed by atoms with Crippen molar-refractivity contribution in [2.75, 3.05) is 0 Å². The van der Waals surface area contributed by atoms with E-state index in [1.54, 1.807) is 10.9 Å². The molecule has 1 aromatic carbocycles. The Morgan fingerprint density at radius 1 is 1.04 bits per heavy atom. The van der Waals surface area contributed by atoms with Crippen LogP contribution in [-0.2, 0) is 11.3 Å². The highest BCUT2D eigenvalue weighted by molar-refractivity contribution is 6.08. The summed E-state index contributed by atoms with van der Waals surface area (Å²) in [6, 6.07) is 15.5. The Labute approximate surface area is 149 Å². The van der Waals surface area contributed by atoms with Crippen LogP contribution >= 0.6 is 0 Å². The Morgan fingerprint density at radius 2 is 1.85 bits per heavy atom. The Kier molecular flexibility index (Phi) is 3.12. The molecule has 0 spiro atoms. The van der Waals surface area contributed by atoms with E-state index in [9.17, 15) is 4.79 Å². The predicted octanol–water partition coefficient (Wildman–Crippen LogP) is 3.46. The normalized spacial score (nSPS) is 13.0. The van der Waals surface area contributed by atoms with Crippen LogP contribution in [0.25, 0.3) is 28.0 Å². The molecule has 0 aliphatic carbocycles. The number of para-hydroxylation sites is 1. The van der Waals surface area contributed by atoms with Gasteiger partial charge in [-0.15, -0.1) is 0 Å². The number of aryl methyl sites for hydroxylation is 1. The molecule has 0 unspecified atom stereocenters. The molecule has 0 radical (unpaired) electrons. The summed E-state index contributed by atoms with van der Waals surface area (Å²) >= 11 is 0. The number of benzene rings is 1. The van der Waals surface area contributed by atoms with Crippen molar-refractivity contribution < 1.29 is 9.53 Å². The Hall–Kier alpha value is -3.54. The van der Waals surface area contributed by atoms with Gasteiger partial charge >= 0.3 is 5.97 Å². The van der Waals surface area contributed by atoms with Crippen LogP contribution < -0.4 is 0 Å². The van der Waals surface area contributed by atoms with Crippen LogP contribution in [0, 0.1) is 6.92 Å². The number of hydrogen-bond donors (Lipinski definition) is 0. The lowest BCUT2D eigenvalue weighted by atomic mass is 9.99. The zero-order chi connectivity index (χ0) is 17.7. The number of fused-ring (bicyclic) bond motifs is 2. The molecule has 6 nitrogen and oxygen atoms in total. The lowest BCUT2D eigenvalue weighted by Crippen LogP contribution is -2.03. The zero-order valence-corrected chi connectivity index (χ0v) is 14.0. The van der Waals surface area contributed by atoms with Gasteiger partial charge in [-0.3, -0.25) is 4.98 Å². The molecule has 4 heterocycles. The van der Waals surface area contributed by atoms with Crippen LogP contribution in [0.2, 0.25) is 0 Å². The van der Waals surface area contributed by atoms with Gasteiger partial charge in [0.05, 0.1) is 33.7 Å². The minimum Gasteiger partial charge on any atom is -0.455 e. The van der Waals surface area contributed by atoms with Crippen molar-refractivity contribution in [2.24, 2.45) is 0 Å². The van der Waals surface area contributed by atoms with E-state index in [4.69, 9.17) is 9.72 Å². The van der Waals surface area contributed by atoms with Crippen molar-refractivity contribution in [3.05, 3.63) is 71.7 Å². The van der Waals surface area contributed by atoms with E-state index in [1.165, 1.54) is 0 Å². The van der Waals surface area contributed by atoms with Gasteiger partial charge < -0.3 is 4.74 Å². The maximum Gasteiger partial charge on any atom is 0.341 e. The monoisotopic (exact) mass is 342 g/mol. The summed E-state index contributed by atoms with van der Waals surface area (Å²) in [6.07, 6.45) is 1.71. The first-order valence-electron chi connectivity index (χ1n) is 8.30. The number of nitrogens with zero attached hydrogens (tertiary/aromatic N) is 4. The molecule has 26 heavy (non-hydrogen) atoms. The molecular formula is C20H14N4O2. The second kappa shape index (κ2) is 5.49. The summed E-state index contributed by atoms with van der Waals surface area (Å²) in [5.41, 5.74) is 4.98. The van der Waals surface area contributed by atoms with Crippen molar-refractivity contribution in [3.63, 3.8) is 0 Å². The van der Waals surface area contributed by atoms with Gasteiger partial charge in [0.15, 0.2) is 5.65 Å². The summed E-state index contributed by atoms with van der Waals surface area (Å²) in [5, 5.41) is 5.51. The van der Waals surface area contributed by atoms with Crippen LogP contribution in [0.3, 0.4) is 0 Å². The molecule has 1 aliphatic rings. The van der Waals surface area contributed by atoms with Gasteiger partial charge in [0.2, 0.25) is 0 Å². The minimum atomic E-state index is -0.359. The first-order valence-corrected chi connectivity index (χ1v) is 8.30. The average Bonchev–Trinajstić information content (AvgIpc) is 3.22. The second-order valence-corrected chi connectivity index (χ2v) is 6.13. The molecule has 0 fully saturated rings. The van der Waals surface area contributed by atoms with E-state index in [2.05, 4.69) is 10.1 Å². The molecule has 0 saturated carbocycles. The smallest absolute Gasteiger partial charge is 0.341 e. The summed E-state index contributed by atoms with van der Waals surface area (Å²) in [4.78, 5) is 21.6. The van der Waals surface area contributed by atoms with Gasteiger partial charge in [-0.25, -0.2) is 14.5 Å². The van der Waals surface area contributed by atoms with Gasteiger partial charge in [-0.1, -0.05) is 24.3 Å². The van der Waals surface area contributed by atoms with Gasteiger partial charge in [0.1, 0.15) is 6.61 Å². The molecule has 1 aliphatic heterocycles. The van der Waals surface area contributed by atoms with Gasteiger partial charge in [-0.05, 0) is 31.2 Å². The van der Waals surface area contributed by atoms with Gasteiger partial charge in [-0.2, -0.15) is 5.10 Å². The summed E-state index contributed by atoms with van der Waals surface area (Å²) in [6.45, 7) is 2.09. The zero-order valence-electron chi connectivity index (χ0n) is 14.0. The quantitative estimate of drug-likeness (QED) is 0.522. The number of carbonyl (C=O) groups is 1. The predicted molar refractivity (Wildman–Crippen MR) is 96.0 cm³/mol. The van der Waals surface area contributed by atoms with Crippen LogP contribution in [0.1, 0.15) is 21.7 Å². The third-order valence-electron chi connectivity index (χ3n) is 4.53. The maximum atomic E-state index is 12.4. The van der Waals surface area contributed by atoms with E-state index in [0.29, 0.717) is 22.6 Å². The Balaban J connectivity index is 1.92. The highest BCUT2D eigenvalue weighted by Gasteiger charge is 2.31. The number of cyclic esters (lactones) is 1. The number of hydrogen-bond acceptors (Lipinski definition) is 5. The van der Waals surface area contributed by atoms with E-state index >= 15 is 0 Å².